The van der Waals surface area contributed by atoms with Crippen LogP contribution >= 0.6 is 11.6 Å². The van der Waals surface area contributed by atoms with Gasteiger partial charge in [0, 0.05) is 16.8 Å². The number of hydrogen-bond acceptors (Lipinski definition) is 2. The molecule has 0 aliphatic carbocycles. The molecule has 1 N–H and O–H groups in total. The first kappa shape index (κ1) is 9.36. The summed E-state index contributed by atoms with van der Waals surface area (Å²) in [6.07, 6.45) is 3.53. The minimum Gasteiger partial charge on any atom is -0.276 e. The van der Waals surface area contributed by atoms with E-state index in [1.807, 2.05) is 36.5 Å². The average Bonchev–Trinajstić information content (AvgIpc) is 2.75. The predicted octanol–water partition coefficient (Wildman–Crippen LogP) is 3.28. The van der Waals surface area contributed by atoms with E-state index in [9.17, 15) is 0 Å². The molecular weight excluding hydrogens is 222 g/mol. The zero-order chi connectivity index (χ0) is 11.0. The Balaban J connectivity index is 2.18. The van der Waals surface area contributed by atoms with Gasteiger partial charge in [-0.25, -0.2) is 0 Å². The zero-order valence-corrected chi connectivity index (χ0v) is 9.07. The number of fused-ring (bicyclic) bond motifs is 1. The number of nitrogens with zero attached hydrogens (tertiary/aromatic N) is 2. The Hall–Kier alpha value is -1.87. The van der Waals surface area contributed by atoms with E-state index < -0.39 is 0 Å². The van der Waals surface area contributed by atoms with Crippen molar-refractivity contribution in [3.63, 3.8) is 0 Å². The molecule has 0 amide bonds. The summed E-state index contributed by atoms with van der Waals surface area (Å²) in [5.41, 5.74) is 3.87. The smallest absolute Gasteiger partial charge is 0.108 e. The van der Waals surface area contributed by atoms with Crippen LogP contribution in [0.2, 0.25) is 5.02 Å². The molecule has 0 atom stereocenters. The molecule has 3 nitrogen and oxygen atoms in total. The molecular formula is C12H8ClN3. The van der Waals surface area contributed by atoms with Crippen LogP contribution < -0.4 is 0 Å². The van der Waals surface area contributed by atoms with E-state index >= 15 is 0 Å². The molecule has 0 fully saturated rings. The predicted molar refractivity (Wildman–Crippen MR) is 64.3 cm³/mol. The third-order valence-electron chi connectivity index (χ3n) is 2.45. The third-order valence-corrected chi connectivity index (χ3v) is 2.68. The molecule has 0 bridgehead atoms. The maximum absolute atomic E-state index is 5.95. The molecule has 0 aliphatic heterocycles. The molecule has 4 heteroatoms. The lowest BCUT2D eigenvalue weighted by Crippen LogP contribution is -1.81. The van der Waals surface area contributed by atoms with Gasteiger partial charge in [0.2, 0.25) is 0 Å². The minimum atomic E-state index is 0.724. The van der Waals surface area contributed by atoms with E-state index in [0.717, 1.165) is 27.2 Å². The number of hydrogen-bond donors (Lipinski definition) is 1. The molecule has 0 aliphatic rings. The highest BCUT2D eigenvalue weighted by atomic mass is 35.5. The third kappa shape index (κ3) is 1.55. The summed E-state index contributed by atoms with van der Waals surface area (Å²) in [5.74, 6) is 0. The van der Waals surface area contributed by atoms with Crippen molar-refractivity contribution in [2.24, 2.45) is 0 Å². The number of rotatable bonds is 1. The number of nitrogens with one attached hydrogen (secondary N) is 1. The highest BCUT2D eigenvalue weighted by molar-refractivity contribution is 6.30. The van der Waals surface area contributed by atoms with Gasteiger partial charge in [-0.05, 0) is 23.8 Å². The lowest BCUT2D eigenvalue weighted by atomic mass is 10.1. The van der Waals surface area contributed by atoms with Gasteiger partial charge < -0.3 is 0 Å². The largest absolute Gasteiger partial charge is 0.276 e. The van der Waals surface area contributed by atoms with Gasteiger partial charge in [0.1, 0.15) is 5.52 Å². The monoisotopic (exact) mass is 229 g/mol. The van der Waals surface area contributed by atoms with Gasteiger partial charge >= 0.3 is 0 Å². The highest BCUT2D eigenvalue weighted by Gasteiger charge is 2.02. The second kappa shape index (κ2) is 3.61. The Morgan fingerprint density at radius 1 is 1.06 bits per heavy atom. The molecule has 0 spiro atoms. The molecule has 2 heterocycles. The van der Waals surface area contributed by atoms with Crippen molar-refractivity contribution in [3.8, 4) is 11.1 Å². The summed E-state index contributed by atoms with van der Waals surface area (Å²) in [6.45, 7) is 0. The van der Waals surface area contributed by atoms with Gasteiger partial charge in [-0.15, -0.1) is 0 Å². The fraction of sp³-hybridized carbons (Fsp3) is 0. The molecule has 1 aromatic carbocycles. The summed E-state index contributed by atoms with van der Waals surface area (Å²) in [7, 11) is 0. The van der Waals surface area contributed by atoms with Crippen LogP contribution in [0.4, 0.5) is 0 Å². The fourth-order valence-electron chi connectivity index (χ4n) is 1.66. The van der Waals surface area contributed by atoms with Crippen molar-refractivity contribution in [2.75, 3.05) is 0 Å². The summed E-state index contributed by atoms with van der Waals surface area (Å²) >= 11 is 5.95. The minimum absolute atomic E-state index is 0.724. The van der Waals surface area contributed by atoms with Crippen molar-refractivity contribution in [3.05, 3.63) is 47.7 Å². The maximum Gasteiger partial charge on any atom is 0.108 e. The second-order valence-corrected chi connectivity index (χ2v) is 3.97. The first-order chi connectivity index (χ1) is 7.83. The van der Waals surface area contributed by atoms with Crippen molar-refractivity contribution >= 4 is 22.6 Å². The van der Waals surface area contributed by atoms with Gasteiger partial charge in [-0.2, -0.15) is 5.10 Å². The summed E-state index contributed by atoms with van der Waals surface area (Å²) in [5, 5.41) is 7.56. The molecule has 78 valence electrons. The summed E-state index contributed by atoms with van der Waals surface area (Å²) in [4.78, 5) is 4.31. The first-order valence-corrected chi connectivity index (χ1v) is 5.26. The van der Waals surface area contributed by atoms with Gasteiger partial charge in [0.15, 0.2) is 0 Å². The Labute approximate surface area is 97.1 Å². The second-order valence-electron chi connectivity index (χ2n) is 3.54. The fourth-order valence-corrected chi connectivity index (χ4v) is 1.85. The summed E-state index contributed by atoms with van der Waals surface area (Å²) < 4.78 is 0. The van der Waals surface area contributed by atoms with Crippen LogP contribution in [0.15, 0.2) is 42.7 Å². The van der Waals surface area contributed by atoms with Crippen molar-refractivity contribution in [1.82, 2.24) is 15.2 Å². The molecule has 0 unspecified atom stereocenters. The van der Waals surface area contributed by atoms with E-state index in [-0.39, 0.29) is 0 Å². The topological polar surface area (TPSA) is 41.6 Å². The van der Waals surface area contributed by atoms with Gasteiger partial charge in [-0.3, -0.25) is 10.1 Å². The Kier molecular flexibility index (Phi) is 2.11. The molecule has 3 rings (SSSR count). The summed E-state index contributed by atoms with van der Waals surface area (Å²) in [6, 6.07) is 9.72. The Morgan fingerprint density at radius 2 is 2.00 bits per heavy atom. The van der Waals surface area contributed by atoms with Gasteiger partial charge in [0.05, 0.1) is 11.7 Å². The molecule has 0 saturated carbocycles. The van der Waals surface area contributed by atoms with Crippen molar-refractivity contribution < 1.29 is 0 Å². The van der Waals surface area contributed by atoms with E-state index in [4.69, 9.17) is 11.6 Å². The highest BCUT2D eigenvalue weighted by Crippen LogP contribution is 2.23. The van der Waals surface area contributed by atoms with Gasteiger partial charge in [-0.1, -0.05) is 23.7 Å². The standard InChI is InChI=1S/C12H8ClN3/c13-10-3-1-2-8(4-10)9-5-11-12(14-6-9)7-15-16-11/h1-7H,(H,15,16). The number of pyridine rings is 1. The molecule has 0 radical (unpaired) electrons. The maximum atomic E-state index is 5.95. The molecule has 2 aromatic heterocycles. The number of aromatic nitrogens is 3. The van der Waals surface area contributed by atoms with E-state index in [1.54, 1.807) is 6.20 Å². The number of halogens is 1. The number of H-pyrrole nitrogens is 1. The molecule has 0 saturated heterocycles. The van der Waals surface area contributed by atoms with Crippen LogP contribution in [0, 0.1) is 0 Å². The molecule has 16 heavy (non-hydrogen) atoms. The quantitative estimate of drug-likeness (QED) is 0.696. The Bertz CT molecular complexity index is 645. The van der Waals surface area contributed by atoms with Crippen LogP contribution in [-0.4, -0.2) is 15.2 Å². The first-order valence-electron chi connectivity index (χ1n) is 4.88. The van der Waals surface area contributed by atoms with Crippen LogP contribution in [-0.2, 0) is 0 Å². The van der Waals surface area contributed by atoms with E-state index in [0.29, 0.717) is 0 Å². The van der Waals surface area contributed by atoms with Crippen LogP contribution in [0.25, 0.3) is 22.2 Å². The van der Waals surface area contributed by atoms with E-state index in [2.05, 4.69) is 15.2 Å². The Morgan fingerprint density at radius 3 is 2.88 bits per heavy atom. The normalized spacial score (nSPS) is 10.8. The SMILES string of the molecule is Clc1cccc(-c2cnc3cn[nH]c3c2)c1. The van der Waals surface area contributed by atoms with Crippen LogP contribution in [0.1, 0.15) is 0 Å². The van der Waals surface area contributed by atoms with Crippen molar-refractivity contribution in [1.29, 1.82) is 0 Å². The zero-order valence-electron chi connectivity index (χ0n) is 8.31. The van der Waals surface area contributed by atoms with Crippen LogP contribution in [0.3, 0.4) is 0 Å². The van der Waals surface area contributed by atoms with Crippen LogP contribution in [0.5, 0.6) is 0 Å². The average molecular weight is 230 g/mol. The lowest BCUT2D eigenvalue weighted by Gasteiger charge is -2.01. The van der Waals surface area contributed by atoms with Gasteiger partial charge in [0.25, 0.3) is 0 Å². The van der Waals surface area contributed by atoms with E-state index in [1.165, 1.54) is 0 Å². The number of benzene rings is 1. The number of aromatic amines is 1. The van der Waals surface area contributed by atoms with Crippen molar-refractivity contribution in [2.45, 2.75) is 0 Å². The lowest BCUT2D eigenvalue weighted by molar-refractivity contribution is 1.12. The molecule has 3 aromatic rings.